The molecule has 1 fully saturated rings. The molecule has 0 aliphatic carbocycles. The zero-order valence-corrected chi connectivity index (χ0v) is 21.9. The highest BCUT2D eigenvalue weighted by molar-refractivity contribution is 5.70. The van der Waals surface area contributed by atoms with E-state index in [4.69, 9.17) is 4.74 Å². The van der Waals surface area contributed by atoms with Crippen LogP contribution in [0.1, 0.15) is 39.8 Å². The first-order valence-corrected chi connectivity index (χ1v) is 12.5. The van der Waals surface area contributed by atoms with Crippen LogP contribution < -0.4 is 15.5 Å². The van der Waals surface area contributed by atoms with E-state index in [-0.39, 0.29) is 18.3 Å². The second-order valence-corrected chi connectivity index (χ2v) is 10.6. The summed E-state index contributed by atoms with van der Waals surface area (Å²) in [5.74, 6) is -2.28. The van der Waals surface area contributed by atoms with Gasteiger partial charge in [0.1, 0.15) is 28.7 Å². The summed E-state index contributed by atoms with van der Waals surface area (Å²) < 4.78 is 48.4. The van der Waals surface area contributed by atoms with E-state index in [9.17, 15) is 18.0 Å². The van der Waals surface area contributed by atoms with Crippen LogP contribution in [0.2, 0.25) is 0 Å². The molecule has 3 aromatic rings. The van der Waals surface area contributed by atoms with Gasteiger partial charge < -0.3 is 20.3 Å². The van der Waals surface area contributed by atoms with Gasteiger partial charge in [0.2, 0.25) is 0 Å². The highest BCUT2D eigenvalue weighted by Crippen LogP contribution is 2.31. The van der Waals surface area contributed by atoms with Crippen molar-refractivity contribution in [3.8, 4) is 11.3 Å². The fourth-order valence-corrected chi connectivity index (χ4v) is 4.59. The maximum absolute atomic E-state index is 14.5. The SMILES string of the molecule is C[C@@H]1C[C@H](NC(=O)OC(C)(C)C)CN(c2ccncc2NCc2ccc(F)c(-c3c(F)cccc3F)n2)C1. The number of alkyl carbamates (subject to hydrolysis) is 1. The predicted octanol–water partition coefficient (Wildman–Crippen LogP) is 5.91. The third-order valence-corrected chi connectivity index (χ3v) is 6.08. The highest BCUT2D eigenvalue weighted by Gasteiger charge is 2.29. The number of piperidine rings is 1. The lowest BCUT2D eigenvalue weighted by molar-refractivity contribution is 0.0495. The predicted molar refractivity (Wildman–Crippen MR) is 140 cm³/mol. The first kappa shape index (κ1) is 27.2. The molecular formula is C28H32F3N5O2. The van der Waals surface area contributed by atoms with Gasteiger partial charge in [-0.1, -0.05) is 13.0 Å². The minimum atomic E-state index is -0.884. The van der Waals surface area contributed by atoms with Crippen LogP contribution >= 0.6 is 0 Å². The van der Waals surface area contributed by atoms with Gasteiger partial charge in [0, 0.05) is 25.3 Å². The fourth-order valence-electron chi connectivity index (χ4n) is 4.59. The Balaban J connectivity index is 1.50. The van der Waals surface area contributed by atoms with E-state index in [1.54, 1.807) is 12.4 Å². The van der Waals surface area contributed by atoms with Gasteiger partial charge in [0.25, 0.3) is 0 Å². The number of halogens is 3. The highest BCUT2D eigenvalue weighted by atomic mass is 19.1. The fraction of sp³-hybridized carbons (Fsp3) is 0.393. The number of anilines is 2. The Hall–Kier alpha value is -3.82. The second-order valence-electron chi connectivity index (χ2n) is 10.6. The summed E-state index contributed by atoms with van der Waals surface area (Å²) in [6, 6.07) is 7.73. The Bertz CT molecular complexity index is 1280. The molecule has 2 aromatic heterocycles. The van der Waals surface area contributed by atoms with Crippen LogP contribution in [0.3, 0.4) is 0 Å². The standard InChI is InChI=1S/C28H32F3N5O2/c1-17-12-19(35-27(37)38-28(2,3)4)16-36(15-17)24-10-11-32-14-23(24)33-13-18-8-9-22(31)26(34-18)25-20(29)6-5-7-21(25)30/h5-11,14,17,19,33H,12-13,15-16H2,1-4H3,(H,35,37)/t17-,19+/m1/s1. The van der Waals surface area contributed by atoms with Gasteiger partial charge in [-0.2, -0.15) is 0 Å². The number of aromatic nitrogens is 2. The average molecular weight is 528 g/mol. The number of hydrogen-bond acceptors (Lipinski definition) is 6. The number of pyridine rings is 2. The third-order valence-electron chi connectivity index (χ3n) is 6.08. The quantitative estimate of drug-likeness (QED) is 0.415. The van der Waals surface area contributed by atoms with Gasteiger partial charge in [-0.25, -0.2) is 22.9 Å². The Morgan fingerprint density at radius 3 is 2.53 bits per heavy atom. The van der Waals surface area contributed by atoms with Crippen molar-refractivity contribution in [2.45, 2.75) is 52.3 Å². The van der Waals surface area contributed by atoms with Gasteiger partial charge >= 0.3 is 6.09 Å². The molecule has 0 bridgehead atoms. The molecule has 10 heteroatoms. The van der Waals surface area contributed by atoms with Crippen LogP contribution in [0, 0.1) is 23.4 Å². The molecule has 1 aliphatic rings. The van der Waals surface area contributed by atoms with Crippen LogP contribution in [0.25, 0.3) is 11.3 Å². The van der Waals surface area contributed by atoms with Crippen molar-refractivity contribution < 1.29 is 22.7 Å². The van der Waals surface area contributed by atoms with Crippen LogP contribution in [0.4, 0.5) is 29.3 Å². The first-order chi connectivity index (χ1) is 18.0. The van der Waals surface area contributed by atoms with E-state index in [0.717, 1.165) is 36.9 Å². The van der Waals surface area contributed by atoms with Crippen LogP contribution in [-0.2, 0) is 11.3 Å². The maximum Gasteiger partial charge on any atom is 0.407 e. The molecule has 1 aliphatic heterocycles. The molecule has 7 nitrogen and oxygen atoms in total. The lowest BCUT2D eigenvalue weighted by atomic mass is 9.95. The molecule has 0 radical (unpaired) electrons. The van der Waals surface area contributed by atoms with Crippen LogP contribution in [0.5, 0.6) is 0 Å². The van der Waals surface area contributed by atoms with Crippen molar-refractivity contribution in [1.29, 1.82) is 0 Å². The molecule has 1 aromatic carbocycles. The zero-order valence-electron chi connectivity index (χ0n) is 21.9. The number of nitrogens with one attached hydrogen (secondary N) is 2. The lowest BCUT2D eigenvalue weighted by Crippen LogP contribution is -2.51. The van der Waals surface area contributed by atoms with Crippen molar-refractivity contribution in [2.24, 2.45) is 5.92 Å². The molecule has 1 amide bonds. The monoisotopic (exact) mass is 527 g/mol. The van der Waals surface area contributed by atoms with Gasteiger partial charge in [0.15, 0.2) is 0 Å². The normalized spacial score (nSPS) is 17.7. The summed E-state index contributed by atoms with van der Waals surface area (Å²) in [4.78, 5) is 22.9. The van der Waals surface area contributed by atoms with E-state index in [0.29, 0.717) is 23.8 Å². The Morgan fingerprint density at radius 2 is 1.82 bits per heavy atom. The number of nitrogens with zero attached hydrogens (tertiary/aromatic N) is 3. The summed E-state index contributed by atoms with van der Waals surface area (Å²) in [6.45, 7) is 9.11. The van der Waals surface area contributed by atoms with E-state index < -0.39 is 34.7 Å². The van der Waals surface area contributed by atoms with Gasteiger partial charge in [-0.3, -0.25) is 4.98 Å². The smallest absolute Gasteiger partial charge is 0.407 e. The average Bonchev–Trinajstić information content (AvgIpc) is 2.82. The van der Waals surface area contributed by atoms with E-state index in [1.807, 2.05) is 26.8 Å². The molecule has 202 valence electrons. The molecule has 2 atom stereocenters. The number of carbonyl (C=O) groups is 1. The number of rotatable bonds is 6. The number of benzene rings is 1. The molecule has 0 spiro atoms. The number of amides is 1. The van der Waals surface area contributed by atoms with Gasteiger partial charge in [-0.05, 0) is 63.4 Å². The topological polar surface area (TPSA) is 79.4 Å². The van der Waals surface area contributed by atoms with Crippen LogP contribution in [0.15, 0.2) is 48.8 Å². The molecule has 1 saturated heterocycles. The number of hydrogen-bond donors (Lipinski definition) is 2. The first-order valence-electron chi connectivity index (χ1n) is 12.5. The summed E-state index contributed by atoms with van der Waals surface area (Å²) >= 11 is 0. The molecule has 0 unspecified atom stereocenters. The minimum absolute atomic E-state index is 0.105. The number of ether oxygens (including phenoxy) is 1. The molecule has 2 N–H and O–H groups in total. The van der Waals surface area contributed by atoms with E-state index in [1.165, 1.54) is 12.1 Å². The number of carbonyl (C=O) groups excluding carboxylic acids is 1. The molecule has 4 rings (SSSR count). The molecule has 3 heterocycles. The zero-order chi connectivity index (χ0) is 27.4. The van der Waals surface area contributed by atoms with Crippen molar-refractivity contribution >= 4 is 17.5 Å². The summed E-state index contributed by atoms with van der Waals surface area (Å²) in [5.41, 5.74) is 0.521. The van der Waals surface area contributed by atoms with E-state index >= 15 is 0 Å². The van der Waals surface area contributed by atoms with Crippen LogP contribution in [-0.4, -0.2) is 40.8 Å². The Morgan fingerprint density at radius 1 is 1.08 bits per heavy atom. The molecule has 38 heavy (non-hydrogen) atoms. The third kappa shape index (κ3) is 6.73. The Kier molecular flexibility index (Phi) is 8.08. The minimum Gasteiger partial charge on any atom is -0.444 e. The second kappa shape index (κ2) is 11.3. The van der Waals surface area contributed by atoms with E-state index in [2.05, 4.69) is 32.4 Å². The lowest BCUT2D eigenvalue weighted by Gasteiger charge is -2.39. The summed E-state index contributed by atoms with van der Waals surface area (Å²) in [7, 11) is 0. The van der Waals surface area contributed by atoms with Crippen molar-refractivity contribution in [3.63, 3.8) is 0 Å². The molecular weight excluding hydrogens is 495 g/mol. The summed E-state index contributed by atoms with van der Waals surface area (Å²) in [5, 5.41) is 6.24. The van der Waals surface area contributed by atoms with Crippen molar-refractivity contribution in [2.75, 3.05) is 23.3 Å². The van der Waals surface area contributed by atoms with Gasteiger partial charge in [0.05, 0.1) is 35.4 Å². The van der Waals surface area contributed by atoms with Crippen molar-refractivity contribution in [1.82, 2.24) is 15.3 Å². The van der Waals surface area contributed by atoms with Crippen molar-refractivity contribution in [3.05, 3.63) is 71.9 Å². The maximum atomic E-state index is 14.5. The molecule has 0 saturated carbocycles. The van der Waals surface area contributed by atoms with Gasteiger partial charge in [-0.15, -0.1) is 0 Å². The summed E-state index contributed by atoms with van der Waals surface area (Å²) in [6.07, 6.45) is 3.73. The Labute approximate surface area is 220 Å². The largest absolute Gasteiger partial charge is 0.444 e.